The molecule has 2 rings (SSSR count). The van der Waals surface area contributed by atoms with Crippen LogP contribution in [-0.4, -0.2) is 22.0 Å². The van der Waals surface area contributed by atoms with Gasteiger partial charge in [0.05, 0.1) is 20.9 Å². The topological polar surface area (TPSA) is 29.1 Å². The molecule has 112 valence electrons. The van der Waals surface area contributed by atoms with Crippen LogP contribution in [0.15, 0.2) is 29.2 Å². The summed E-state index contributed by atoms with van der Waals surface area (Å²) in [6.07, 6.45) is 2.96. The van der Waals surface area contributed by atoms with Crippen LogP contribution in [-0.2, 0) is 10.8 Å². The van der Waals surface area contributed by atoms with Gasteiger partial charge in [0.15, 0.2) is 0 Å². The molecule has 0 amide bonds. The van der Waals surface area contributed by atoms with Crippen LogP contribution in [0.25, 0.3) is 0 Å². The monoisotopic (exact) mass is 297 g/mol. The zero-order valence-corrected chi connectivity index (χ0v) is 13.3. The number of rotatable bonds is 5. The summed E-state index contributed by atoms with van der Waals surface area (Å²) in [6.45, 7) is 7.45. The lowest BCUT2D eigenvalue weighted by Gasteiger charge is -2.31. The Bertz CT molecular complexity index is 489. The van der Waals surface area contributed by atoms with Crippen molar-refractivity contribution in [3.63, 3.8) is 0 Å². The van der Waals surface area contributed by atoms with Gasteiger partial charge in [0, 0.05) is 6.04 Å². The van der Waals surface area contributed by atoms with E-state index in [0.29, 0.717) is 4.90 Å². The SMILES string of the molecule is CCCNC1C(S(=O)c2ccccc2F)CCC1(C)C. The van der Waals surface area contributed by atoms with E-state index in [1.807, 2.05) is 0 Å². The van der Waals surface area contributed by atoms with Crippen molar-refractivity contribution in [2.75, 3.05) is 6.54 Å². The normalized spacial score (nSPS) is 26.6. The summed E-state index contributed by atoms with van der Waals surface area (Å²) in [5.74, 6) is -0.357. The lowest BCUT2D eigenvalue weighted by Crippen LogP contribution is -2.46. The highest BCUT2D eigenvalue weighted by atomic mass is 32.2. The summed E-state index contributed by atoms with van der Waals surface area (Å²) in [4.78, 5) is 0.346. The Morgan fingerprint density at radius 2 is 2.10 bits per heavy atom. The molecule has 0 aromatic heterocycles. The van der Waals surface area contributed by atoms with Gasteiger partial charge in [-0.3, -0.25) is 4.21 Å². The van der Waals surface area contributed by atoms with E-state index < -0.39 is 10.8 Å². The van der Waals surface area contributed by atoms with Crippen LogP contribution in [0.4, 0.5) is 4.39 Å². The maximum Gasteiger partial charge on any atom is 0.139 e. The van der Waals surface area contributed by atoms with Crippen LogP contribution in [0.2, 0.25) is 0 Å². The van der Waals surface area contributed by atoms with Crippen molar-refractivity contribution < 1.29 is 8.60 Å². The molecule has 1 fully saturated rings. The third-order valence-corrected chi connectivity index (χ3v) is 6.05. The highest BCUT2D eigenvalue weighted by Gasteiger charge is 2.44. The Labute approximate surface area is 123 Å². The molecule has 0 saturated heterocycles. The molecule has 2 nitrogen and oxygen atoms in total. The van der Waals surface area contributed by atoms with Gasteiger partial charge in [-0.05, 0) is 43.4 Å². The van der Waals surface area contributed by atoms with Gasteiger partial charge in [0.2, 0.25) is 0 Å². The second-order valence-electron chi connectivity index (χ2n) is 6.23. The van der Waals surface area contributed by atoms with Crippen LogP contribution in [0.3, 0.4) is 0 Å². The van der Waals surface area contributed by atoms with E-state index in [4.69, 9.17) is 0 Å². The second-order valence-corrected chi connectivity index (χ2v) is 7.87. The van der Waals surface area contributed by atoms with Crippen molar-refractivity contribution >= 4 is 10.8 Å². The smallest absolute Gasteiger partial charge is 0.139 e. The molecule has 1 aliphatic carbocycles. The number of hydrogen-bond acceptors (Lipinski definition) is 2. The number of hydrogen-bond donors (Lipinski definition) is 1. The van der Waals surface area contributed by atoms with E-state index in [9.17, 15) is 8.60 Å². The Morgan fingerprint density at radius 1 is 1.40 bits per heavy atom. The Kier molecular flexibility index (Phi) is 4.97. The predicted molar refractivity (Wildman–Crippen MR) is 81.7 cm³/mol. The molecule has 1 aromatic rings. The van der Waals surface area contributed by atoms with E-state index >= 15 is 0 Å². The van der Waals surface area contributed by atoms with Gasteiger partial charge in [0.1, 0.15) is 5.82 Å². The molecule has 4 heteroatoms. The molecule has 0 aliphatic heterocycles. The van der Waals surface area contributed by atoms with E-state index in [2.05, 4.69) is 26.1 Å². The third kappa shape index (κ3) is 3.12. The molecule has 3 unspecified atom stereocenters. The van der Waals surface area contributed by atoms with Gasteiger partial charge in [-0.2, -0.15) is 0 Å². The van der Waals surface area contributed by atoms with Gasteiger partial charge >= 0.3 is 0 Å². The molecule has 0 spiro atoms. The number of nitrogens with one attached hydrogen (secondary N) is 1. The van der Waals surface area contributed by atoms with Gasteiger partial charge in [-0.25, -0.2) is 4.39 Å². The van der Waals surface area contributed by atoms with Crippen molar-refractivity contribution in [3.05, 3.63) is 30.1 Å². The molecule has 20 heavy (non-hydrogen) atoms. The van der Waals surface area contributed by atoms with E-state index in [1.165, 1.54) is 6.07 Å². The molecule has 0 bridgehead atoms. The maximum atomic E-state index is 13.9. The molecule has 1 aromatic carbocycles. The highest BCUT2D eigenvalue weighted by molar-refractivity contribution is 7.85. The zero-order chi connectivity index (χ0) is 14.8. The summed E-state index contributed by atoms with van der Waals surface area (Å²) < 4.78 is 26.6. The molecular formula is C16H24FNOS. The van der Waals surface area contributed by atoms with Crippen molar-refractivity contribution in [1.29, 1.82) is 0 Å². The second kappa shape index (κ2) is 6.35. The first-order valence-electron chi connectivity index (χ1n) is 7.36. The lowest BCUT2D eigenvalue weighted by molar-refractivity contribution is 0.286. The maximum absolute atomic E-state index is 13.9. The molecule has 1 aliphatic rings. The first-order valence-corrected chi connectivity index (χ1v) is 8.57. The molecule has 0 heterocycles. The predicted octanol–water partition coefficient (Wildman–Crippen LogP) is 3.49. The summed E-state index contributed by atoms with van der Waals surface area (Å²) in [7, 11) is -1.29. The van der Waals surface area contributed by atoms with E-state index in [-0.39, 0.29) is 22.5 Å². The van der Waals surface area contributed by atoms with Crippen molar-refractivity contribution in [1.82, 2.24) is 5.32 Å². The fraction of sp³-hybridized carbons (Fsp3) is 0.625. The first-order chi connectivity index (χ1) is 9.47. The Morgan fingerprint density at radius 3 is 2.75 bits per heavy atom. The van der Waals surface area contributed by atoms with E-state index in [0.717, 1.165) is 25.8 Å². The molecule has 1 saturated carbocycles. The summed E-state index contributed by atoms with van der Waals surface area (Å²) in [6, 6.07) is 6.62. The quantitative estimate of drug-likeness (QED) is 0.901. The van der Waals surface area contributed by atoms with Gasteiger partial charge in [-0.15, -0.1) is 0 Å². The van der Waals surface area contributed by atoms with Crippen molar-refractivity contribution in [2.24, 2.45) is 5.41 Å². The average molecular weight is 297 g/mol. The summed E-state index contributed by atoms with van der Waals surface area (Å²) >= 11 is 0. The number of halogens is 1. The van der Waals surface area contributed by atoms with Crippen LogP contribution >= 0.6 is 0 Å². The highest BCUT2D eigenvalue weighted by Crippen LogP contribution is 2.41. The van der Waals surface area contributed by atoms with Gasteiger partial charge < -0.3 is 5.32 Å². The summed E-state index contributed by atoms with van der Waals surface area (Å²) in [5, 5.41) is 3.52. The molecule has 1 N–H and O–H groups in total. The fourth-order valence-corrected chi connectivity index (χ4v) is 4.89. The third-order valence-electron chi connectivity index (χ3n) is 4.23. The van der Waals surface area contributed by atoms with Crippen molar-refractivity contribution in [3.8, 4) is 0 Å². The molecule has 0 radical (unpaired) electrons. The minimum absolute atomic E-state index is 0.00606. The van der Waals surface area contributed by atoms with Crippen LogP contribution in [0, 0.1) is 11.2 Å². The largest absolute Gasteiger partial charge is 0.312 e. The minimum Gasteiger partial charge on any atom is -0.312 e. The molecule has 3 atom stereocenters. The Hall–Kier alpha value is -0.740. The van der Waals surface area contributed by atoms with Crippen LogP contribution < -0.4 is 5.32 Å². The summed E-state index contributed by atoms with van der Waals surface area (Å²) in [5.41, 5.74) is 0.112. The lowest BCUT2D eigenvalue weighted by atomic mass is 9.87. The Balaban J connectivity index is 2.22. The minimum atomic E-state index is -1.29. The van der Waals surface area contributed by atoms with Gasteiger partial charge in [-0.1, -0.05) is 32.9 Å². The standard InChI is InChI=1S/C16H24FNOS/c1-4-11-18-15-14(9-10-16(15,2)3)20(19)13-8-6-5-7-12(13)17/h5-8,14-15,18H,4,9-11H2,1-3H3. The number of benzene rings is 1. The van der Waals surface area contributed by atoms with Crippen LogP contribution in [0.1, 0.15) is 40.0 Å². The van der Waals surface area contributed by atoms with Crippen LogP contribution in [0.5, 0.6) is 0 Å². The van der Waals surface area contributed by atoms with E-state index in [1.54, 1.807) is 18.2 Å². The van der Waals surface area contributed by atoms with Gasteiger partial charge in [0.25, 0.3) is 0 Å². The zero-order valence-electron chi connectivity index (χ0n) is 12.5. The average Bonchev–Trinajstić information content (AvgIpc) is 2.71. The fourth-order valence-electron chi connectivity index (χ4n) is 3.05. The first kappa shape index (κ1) is 15.6. The van der Waals surface area contributed by atoms with Crippen molar-refractivity contribution in [2.45, 2.75) is 56.2 Å². The molecular weight excluding hydrogens is 273 g/mol.